The quantitative estimate of drug-likeness (QED) is 0.477. The summed E-state index contributed by atoms with van der Waals surface area (Å²) in [6, 6.07) is 12.8. The van der Waals surface area contributed by atoms with Crippen LogP contribution in [0.25, 0.3) is 0 Å². The zero-order chi connectivity index (χ0) is 18.4. The van der Waals surface area contributed by atoms with Crippen molar-refractivity contribution in [1.82, 2.24) is 10.3 Å². The summed E-state index contributed by atoms with van der Waals surface area (Å²) in [7, 11) is 0. The van der Waals surface area contributed by atoms with Gasteiger partial charge in [-0.1, -0.05) is 18.2 Å². The van der Waals surface area contributed by atoms with E-state index >= 15 is 0 Å². The molecule has 136 valence electrons. The van der Waals surface area contributed by atoms with Gasteiger partial charge in [0.25, 0.3) is 5.91 Å². The monoisotopic (exact) mass is 357 g/mol. The average molecular weight is 357 g/mol. The largest absolute Gasteiger partial charge is 0.433 e. The number of nitro groups is 1. The normalized spacial score (nSPS) is 15.3. The first kappa shape index (κ1) is 17.6. The Morgan fingerprint density at radius 1 is 1.19 bits per heavy atom. The maximum Gasteiger partial charge on any atom is 0.433 e. The first-order chi connectivity index (χ1) is 12.6. The molecule has 1 aliphatic rings. The Hall–Kier alpha value is -3.20. The summed E-state index contributed by atoms with van der Waals surface area (Å²) in [4.78, 5) is 26.2. The molecule has 0 spiro atoms. The highest BCUT2D eigenvalue weighted by molar-refractivity contribution is 5.81. The fourth-order valence-corrected chi connectivity index (χ4v) is 2.72. The van der Waals surface area contributed by atoms with Gasteiger partial charge >= 0.3 is 5.88 Å². The van der Waals surface area contributed by atoms with Crippen LogP contribution in [0, 0.1) is 10.1 Å². The summed E-state index contributed by atoms with van der Waals surface area (Å²) in [5, 5.41) is 14.3. The van der Waals surface area contributed by atoms with E-state index in [-0.39, 0.29) is 24.1 Å². The molecule has 0 bridgehead atoms. The van der Waals surface area contributed by atoms with Gasteiger partial charge in [-0.2, -0.15) is 5.10 Å². The van der Waals surface area contributed by atoms with E-state index < -0.39 is 4.92 Å². The third-order valence-electron chi connectivity index (χ3n) is 4.03. The predicted octanol–water partition coefficient (Wildman–Crippen LogP) is 1.46. The fourth-order valence-electron chi connectivity index (χ4n) is 2.72. The second-order valence-corrected chi connectivity index (χ2v) is 5.83. The number of para-hydroxylation sites is 1. The van der Waals surface area contributed by atoms with Crippen LogP contribution in [0.1, 0.15) is 5.76 Å². The molecule has 9 heteroatoms. The van der Waals surface area contributed by atoms with E-state index in [0.29, 0.717) is 0 Å². The number of piperazine rings is 1. The van der Waals surface area contributed by atoms with Crippen molar-refractivity contribution < 1.29 is 14.1 Å². The van der Waals surface area contributed by atoms with E-state index in [0.717, 1.165) is 26.2 Å². The first-order valence-corrected chi connectivity index (χ1v) is 8.20. The van der Waals surface area contributed by atoms with Crippen molar-refractivity contribution in [2.24, 2.45) is 5.10 Å². The molecule has 0 saturated carbocycles. The molecule has 1 saturated heterocycles. The van der Waals surface area contributed by atoms with Crippen LogP contribution in [0.15, 0.2) is 52.0 Å². The van der Waals surface area contributed by atoms with Crippen molar-refractivity contribution in [2.45, 2.75) is 0 Å². The number of hydrazone groups is 1. The number of anilines is 1. The molecule has 0 atom stereocenters. The Balaban J connectivity index is 1.41. The van der Waals surface area contributed by atoms with Crippen molar-refractivity contribution >= 4 is 23.7 Å². The molecule has 1 N–H and O–H groups in total. The number of nitrogens with zero attached hydrogens (tertiary/aromatic N) is 4. The van der Waals surface area contributed by atoms with Crippen LogP contribution in [-0.4, -0.2) is 54.7 Å². The molecule has 0 aliphatic carbocycles. The lowest BCUT2D eigenvalue weighted by Crippen LogP contribution is -2.49. The standard InChI is InChI=1S/C17H19N5O4/c23-16(19-18-12-15-6-7-17(26-15)22(24)25)13-20-8-10-21(11-9-20)14-4-2-1-3-5-14/h1-7,12H,8-11,13H2,(H,19,23)/b18-12-. The summed E-state index contributed by atoms with van der Waals surface area (Å²) in [5.74, 6) is -0.405. The smallest absolute Gasteiger partial charge is 0.400 e. The fraction of sp³-hybridized carbons (Fsp3) is 0.294. The lowest BCUT2D eigenvalue weighted by molar-refractivity contribution is -0.402. The molecule has 1 amide bonds. The molecule has 9 nitrogen and oxygen atoms in total. The number of hydrogen-bond donors (Lipinski definition) is 1. The summed E-state index contributed by atoms with van der Waals surface area (Å²) in [5.41, 5.74) is 3.59. The Morgan fingerprint density at radius 2 is 1.92 bits per heavy atom. The SMILES string of the molecule is O=C(CN1CCN(c2ccccc2)CC1)N/N=C\c1ccc([N+](=O)[O-])o1. The van der Waals surface area contributed by atoms with Gasteiger partial charge in [0, 0.05) is 31.9 Å². The molecule has 1 aromatic heterocycles. The summed E-state index contributed by atoms with van der Waals surface area (Å²) < 4.78 is 4.92. The molecule has 2 aromatic rings. The van der Waals surface area contributed by atoms with Gasteiger partial charge in [0.1, 0.15) is 4.92 Å². The van der Waals surface area contributed by atoms with Crippen molar-refractivity contribution in [2.75, 3.05) is 37.6 Å². The number of carbonyl (C=O) groups is 1. The minimum Gasteiger partial charge on any atom is -0.400 e. The molecule has 1 aromatic carbocycles. The van der Waals surface area contributed by atoms with Crippen LogP contribution in [0.5, 0.6) is 0 Å². The number of hydrogen-bond acceptors (Lipinski definition) is 7. The van der Waals surface area contributed by atoms with Crippen LogP contribution >= 0.6 is 0 Å². The highest BCUT2D eigenvalue weighted by atomic mass is 16.6. The number of rotatable bonds is 6. The van der Waals surface area contributed by atoms with Crippen molar-refractivity contribution in [1.29, 1.82) is 0 Å². The number of benzene rings is 1. The average Bonchev–Trinajstić information content (AvgIpc) is 3.12. The maximum atomic E-state index is 11.9. The Bertz CT molecular complexity index is 781. The van der Waals surface area contributed by atoms with Crippen LogP contribution in [0.2, 0.25) is 0 Å². The van der Waals surface area contributed by atoms with Crippen LogP contribution < -0.4 is 10.3 Å². The summed E-state index contributed by atoms with van der Waals surface area (Å²) in [6.45, 7) is 3.54. The van der Waals surface area contributed by atoms with Crippen LogP contribution in [0.4, 0.5) is 11.6 Å². The van der Waals surface area contributed by atoms with Crippen molar-refractivity contribution in [3.63, 3.8) is 0 Å². The molecule has 0 radical (unpaired) electrons. The lowest BCUT2D eigenvalue weighted by Gasteiger charge is -2.35. The summed E-state index contributed by atoms with van der Waals surface area (Å²) >= 11 is 0. The van der Waals surface area contributed by atoms with E-state index in [1.165, 1.54) is 24.0 Å². The number of amides is 1. The van der Waals surface area contributed by atoms with E-state index in [9.17, 15) is 14.9 Å². The van der Waals surface area contributed by atoms with Gasteiger partial charge in [0.15, 0.2) is 5.76 Å². The number of nitrogens with one attached hydrogen (secondary N) is 1. The Labute approximate surface area is 150 Å². The Kier molecular flexibility index (Phi) is 5.59. The topological polar surface area (TPSA) is 104 Å². The van der Waals surface area contributed by atoms with Gasteiger partial charge in [-0.15, -0.1) is 0 Å². The molecule has 26 heavy (non-hydrogen) atoms. The predicted molar refractivity (Wildman–Crippen MR) is 96.2 cm³/mol. The van der Waals surface area contributed by atoms with Crippen molar-refractivity contribution in [3.8, 4) is 0 Å². The van der Waals surface area contributed by atoms with Crippen molar-refractivity contribution in [3.05, 3.63) is 58.3 Å². The van der Waals surface area contributed by atoms with E-state index in [1.807, 2.05) is 18.2 Å². The second-order valence-electron chi connectivity index (χ2n) is 5.83. The maximum absolute atomic E-state index is 11.9. The van der Waals surface area contributed by atoms with Crippen LogP contribution in [-0.2, 0) is 4.79 Å². The van der Waals surface area contributed by atoms with E-state index in [2.05, 4.69) is 32.5 Å². The molecule has 2 heterocycles. The molecular weight excluding hydrogens is 338 g/mol. The first-order valence-electron chi connectivity index (χ1n) is 8.20. The minimum absolute atomic E-state index is 0.202. The minimum atomic E-state index is -0.634. The molecule has 0 unspecified atom stereocenters. The Morgan fingerprint density at radius 3 is 2.58 bits per heavy atom. The van der Waals surface area contributed by atoms with Gasteiger partial charge in [-0.25, -0.2) is 5.43 Å². The second kappa shape index (κ2) is 8.26. The third-order valence-corrected chi connectivity index (χ3v) is 4.03. The molecule has 1 fully saturated rings. The third kappa shape index (κ3) is 4.67. The molecule has 3 rings (SSSR count). The highest BCUT2D eigenvalue weighted by Gasteiger charge is 2.19. The summed E-state index contributed by atoms with van der Waals surface area (Å²) in [6.07, 6.45) is 1.23. The van der Waals surface area contributed by atoms with Gasteiger partial charge in [0.2, 0.25) is 0 Å². The molecular formula is C17H19N5O4. The van der Waals surface area contributed by atoms with Gasteiger partial charge in [-0.3, -0.25) is 19.8 Å². The molecule has 1 aliphatic heterocycles. The highest BCUT2D eigenvalue weighted by Crippen LogP contribution is 2.15. The number of carbonyl (C=O) groups excluding carboxylic acids is 1. The zero-order valence-electron chi connectivity index (χ0n) is 14.1. The van der Waals surface area contributed by atoms with E-state index in [1.54, 1.807) is 0 Å². The van der Waals surface area contributed by atoms with Crippen LogP contribution in [0.3, 0.4) is 0 Å². The lowest BCUT2D eigenvalue weighted by atomic mass is 10.2. The number of furan rings is 1. The van der Waals surface area contributed by atoms with Gasteiger partial charge < -0.3 is 9.32 Å². The van der Waals surface area contributed by atoms with E-state index in [4.69, 9.17) is 4.42 Å². The van der Waals surface area contributed by atoms with Gasteiger partial charge in [-0.05, 0) is 18.2 Å². The van der Waals surface area contributed by atoms with Gasteiger partial charge in [0.05, 0.1) is 18.8 Å². The zero-order valence-corrected chi connectivity index (χ0v) is 14.1.